The van der Waals surface area contributed by atoms with E-state index >= 15 is 0 Å². The van der Waals surface area contributed by atoms with Gasteiger partial charge in [0.15, 0.2) is 0 Å². The smallest absolute Gasteiger partial charge is 0.303 e. The van der Waals surface area contributed by atoms with Crippen LogP contribution in [-0.2, 0) is 4.79 Å². The van der Waals surface area contributed by atoms with Gasteiger partial charge in [-0.25, -0.2) is 0 Å². The van der Waals surface area contributed by atoms with Crippen molar-refractivity contribution in [2.45, 2.75) is 57.7 Å². The van der Waals surface area contributed by atoms with Crippen molar-refractivity contribution in [3.63, 3.8) is 0 Å². The number of carbonyl (C=O) groups is 1. The first-order valence-corrected chi connectivity index (χ1v) is 8.15. The summed E-state index contributed by atoms with van der Waals surface area (Å²) >= 11 is 0. The second-order valence-electron chi connectivity index (χ2n) is 5.45. The van der Waals surface area contributed by atoms with Crippen molar-refractivity contribution in [1.82, 2.24) is 0 Å². The molecule has 0 saturated carbocycles. The van der Waals surface area contributed by atoms with Gasteiger partial charge < -0.3 is 20.4 Å². The second kappa shape index (κ2) is 13.5. The van der Waals surface area contributed by atoms with Crippen LogP contribution in [0.5, 0.6) is 0 Å². The Labute approximate surface area is 143 Å². The third-order valence-corrected chi connectivity index (χ3v) is 3.45. The van der Waals surface area contributed by atoms with Gasteiger partial charge >= 0.3 is 5.97 Å². The zero-order valence-corrected chi connectivity index (χ0v) is 14.1. The summed E-state index contributed by atoms with van der Waals surface area (Å²) in [6, 6.07) is 8.31. The van der Waals surface area contributed by atoms with Gasteiger partial charge in [-0.05, 0) is 12.5 Å². The predicted molar refractivity (Wildman–Crippen MR) is 90.2 cm³/mol. The SMILES string of the molecule is CCCCCCCC(=O)O.N#Cc1ccccc1C(O)C(O)CO. The number of rotatable bonds is 9. The van der Waals surface area contributed by atoms with Crippen LogP contribution >= 0.6 is 0 Å². The fourth-order valence-corrected chi connectivity index (χ4v) is 2.04. The minimum atomic E-state index is -1.26. The Balaban J connectivity index is 0.000000470. The minimum Gasteiger partial charge on any atom is -0.481 e. The van der Waals surface area contributed by atoms with Crippen molar-refractivity contribution in [2.75, 3.05) is 6.61 Å². The highest BCUT2D eigenvalue weighted by Crippen LogP contribution is 2.20. The van der Waals surface area contributed by atoms with Gasteiger partial charge in [-0.3, -0.25) is 4.79 Å². The van der Waals surface area contributed by atoms with Crippen molar-refractivity contribution in [3.05, 3.63) is 35.4 Å². The Morgan fingerprint density at radius 2 is 1.79 bits per heavy atom. The first-order chi connectivity index (χ1) is 11.5. The molecule has 0 aromatic heterocycles. The second-order valence-corrected chi connectivity index (χ2v) is 5.45. The summed E-state index contributed by atoms with van der Waals surface area (Å²) in [5.74, 6) is -0.670. The molecule has 0 radical (unpaired) electrons. The maximum Gasteiger partial charge on any atom is 0.303 e. The van der Waals surface area contributed by atoms with Crippen LogP contribution in [0.4, 0.5) is 0 Å². The van der Waals surface area contributed by atoms with E-state index in [1.54, 1.807) is 24.3 Å². The normalized spacial score (nSPS) is 12.5. The van der Waals surface area contributed by atoms with Crippen molar-refractivity contribution in [2.24, 2.45) is 0 Å². The number of nitrogens with zero attached hydrogens (tertiary/aromatic N) is 1. The van der Waals surface area contributed by atoms with E-state index in [1.165, 1.54) is 19.3 Å². The van der Waals surface area contributed by atoms with Crippen molar-refractivity contribution in [1.29, 1.82) is 5.26 Å². The molecule has 0 aliphatic carbocycles. The maximum absolute atomic E-state index is 10.0. The molecule has 0 heterocycles. The number of carboxylic acids is 1. The van der Waals surface area contributed by atoms with Crippen LogP contribution in [-0.4, -0.2) is 39.1 Å². The highest BCUT2D eigenvalue weighted by Gasteiger charge is 2.19. The van der Waals surface area contributed by atoms with E-state index in [0.29, 0.717) is 17.5 Å². The Morgan fingerprint density at radius 1 is 1.17 bits per heavy atom. The average Bonchev–Trinajstić information content (AvgIpc) is 2.60. The van der Waals surface area contributed by atoms with E-state index in [0.717, 1.165) is 12.8 Å². The van der Waals surface area contributed by atoms with Gasteiger partial charge in [-0.2, -0.15) is 5.26 Å². The third-order valence-electron chi connectivity index (χ3n) is 3.45. The fourth-order valence-electron chi connectivity index (χ4n) is 2.04. The van der Waals surface area contributed by atoms with Gasteiger partial charge in [-0.15, -0.1) is 0 Å². The van der Waals surface area contributed by atoms with Gasteiger partial charge in [0, 0.05) is 12.0 Å². The zero-order valence-electron chi connectivity index (χ0n) is 14.1. The summed E-state index contributed by atoms with van der Waals surface area (Å²) < 4.78 is 0. The molecule has 6 nitrogen and oxygen atoms in total. The topological polar surface area (TPSA) is 122 Å². The van der Waals surface area contributed by atoms with E-state index in [2.05, 4.69) is 6.92 Å². The van der Waals surface area contributed by atoms with E-state index in [4.69, 9.17) is 15.5 Å². The lowest BCUT2D eigenvalue weighted by Crippen LogP contribution is -2.22. The van der Waals surface area contributed by atoms with E-state index in [-0.39, 0.29) is 0 Å². The summed E-state index contributed by atoms with van der Waals surface area (Å²) in [4.78, 5) is 10.0. The Hall–Kier alpha value is -1.94. The molecule has 1 aromatic rings. The first-order valence-electron chi connectivity index (χ1n) is 8.15. The molecule has 4 N–H and O–H groups in total. The van der Waals surface area contributed by atoms with Crippen LogP contribution in [0.25, 0.3) is 0 Å². The molecule has 1 rings (SSSR count). The molecule has 2 unspecified atom stereocenters. The highest BCUT2D eigenvalue weighted by atomic mass is 16.4. The average molecular weight is 337 g/mol. The van der Waals surface area contributed by atoms with Gasteiger partial charge in [0.1, 0.15) is 12.2 Å². The molecule has 0 fully saturated rings. The zero-order chi connectivity index (χ0) is 18.4. The molecule has 0 amide bonds. The number of aliphatic carboxylic acids is 1. The molecule has 6 heteroatoms. The van der Waals surface area contributed by atoms with Crippen LogP contribution in [0, 0.1) is 11.3 Å². The molecule has 0 aliphatic heterocycles. The third kappa shape index (κ3) is 9.26. The molecule has 0 aliphatic rings. The molecular weight excluding hydrogens is 310 g/mol. The summed E-state index contributed by atoms with van der Waals surface area (Å²) in [6.45, 7) is 1.61. The van der Waals surface area contributed by atoms with Crippen LogP contribution in [0.3, 0.4) is 0 Å². The number of benzene rings is 1. The Bertz CT molecular complexity index is 512. The van der Waals surface area contributed by atoms with E-state index in [1.807, 2.05) is 6.07 Å². The quantitative estimate of drug-likeness (QED) is 0.513. The molecule has 0 saturated heterocycles. The number of aliphatic hydroxyl groups excluding tert-OH is 3. The molecule has 2 atom stereocenters. The van der Waals surface area contributed by atoms with Gasteiger partial charge in [-0.1, -0.05) is 50.8 Å². The minimum absolute atomic E-state index is 0.299. The molecule has 1 aromatic carbocycles. The summed E-state index contributed by atoms with van der Waals surface area (Å²) in [5, 5.41) is 44.4. The number of aliphatic hydroxyl groups is 3. The van der Waals surface area contributed by atoms with Crippen LogP contribution < -0.4 is 0 Å². The lowest BCUT2D eigenvalue weighted by atomic mass is 10.00. The molecule has 24 heavy (non-hydrogen) atoms. The summed E-state index contributed by atoms with van der Waals surface area (Å²) in [7, 11) is 0. The molecular formula is C18H27NO5. The van der Waals surface area contributed by atoms with Crippen LogP contribution in [0.15, 0.2) is 24.3 Å². The first kappa shape index (κ1) is 22.1. The summed E-state index contributed by atoms with van der Waals surface area (Å²) in [6.07, 6.45) is 3.40. The van der Waals surface area contributed by atoms with Gasteiger partial charge in [0.05, 0.1) is 18.2 Å². The number of carboxylic acid groups (broad SMARTS) is 1. The van der Waals surface area contributed by atoms with E-state index < -0.39 is 24.8 Å². The Morgan fingerprint density at radius 3 is 2.33 bits per heavy atom. The molecule has 0 bridgehead atoms. The van der Waals surface area contributed by atoms with E-state index in [9.17, 15) is 15.0 Å². The monoisotopic (exact) mass is 337 g/mol. The Kier molecular flexibility index (Phi) is 12.4. The fraction of sp³-hybridized carbons (Fsp3) is 0.556. The lowest BCUT2D eigenvalue weighted by molar-refractivity contribution is -0.137. The standard InChI is InChI=1S/C10H11NO3.C8H16O2/c11-5-7-3-1-2-4-8(7)10(14)9(13)6-12;1-2-3-4-5-6-7-8(9)10/h1-4,9-10,12-14H,6H2;2-7H2,1H3,(H,9,10). The van der Waals surface area contributed by atoms with Crippen LogP contribution in [0.2, 0.25) is 0 Å². The predicted octanol–water partition coefficient (Wildman–Crippen LogP) is 2.38. The molecule has 0 spiro atoms. The van der Waals surface area contributed by atoms with Crippen molar-refractivity contribution >= 4 is 5.97 Å². The number of nitriles is 1. The number of hydrogen-bond acceptors (Lipinski definition) is 5. The number of unbranched alkanes of at least 4 members (excludes halogenated alkanes) is 4. The molecule has 134 valence electrons. The lowest BCUT2D eigenvalue weighted by Gasteiger charge is -2.16. The van der Waals surface area contributed by atoms with Crippen molar-refractivity contribution < 1.29 is 25.2 Å². The number of hydrogen-bond donors (Lipinski definition) is 4. The largest absolute Gasteiger partial charge is 0.481 e. The summed E-state index contributed by atoms with van der Waals surface area (Å²) in [5.41, 5.74) is 0.629. The van der Waals surface area contributed by atoms with Gasteiger partial charge in [0.25, 0.3) is 0 Å². The van der Waals surface area contributed by atoms with Gasteiger partial charge in [0.2, 0.25) is 0 Å². The maximum atomic E-state index is 10.0. The van der Waals surface area contributed by atoms with Crippen LogP contribution in [0.1, 0.15) is 62.7 Å². The highest BCUT2D eigenvalue weighted by molar-refractivity contribution is 5.66. The van der Waals surface area contributed by atoms with Crippen molar-refractivity contribution in [3.8, 4) is 6.07 Å².